The number of aliphatic imine (C=N–C) groups is 1. The van der Waals surface area contributed by atoms with Crippen LogP contribution >= 0.6 is 11.8 Å². The molecule has 1 aromatic rings. The molecule has 1 heterocycles. The Morgan fingerprint density at radius 2 is 1.78 bits per heavy atom. The Hall–Kier alpha value is -1.83. The highest BCUT2D eigenvalue weighted by molar-refractivity contribution is 8.13. The third kappa shape index (κ3) is 4.21. The van der Waals surface area contributed by atoms with E-state index < -0.39 is 5.91 Å². The van der Waals surface area contributed by atoms with E-state index in [0.29, 0.717) is 5.69 Å². The molecule has 0 radical (unpaired) electrons. The van der Waals surface area contributed by atoms with Crippen molar-refractivity contribution < 1.29 is 4.79 Å². The van der Waals surface area contributed by atoms with Crippen LogP contribution in [0.2, 0.25) is 0 Å². The third-order valence-electron chi connectivity index (χ3n) is 1.76. The molecule has 18 heavy (non-hydrogen) atoms. The molecule has 6 N–H and O–H groups in total. The fourth-order valence-electron chi connectivity index (χ4n) is 0.902. The molecule has 0 aliphatic carbocycles. The first kappa shape index (κ1) is 16.2. The number of nitrogen functional groups attached to an aromatic ring is 2. The Labute approximate surface area is 110 Å². The van der Waals surface area contributed by atoms with Gasteiger partial charge in [0.1, 0.15) is 5.82 Å². The van der Waals surface area contributed by atoms with Gasteiger partial charge in [-0.25, -0.2) is 9.97 Å². The van der Waals surface area contributed by atoms with Gasteiger partial charge < -0.3 is 17.2 Å². The second-order valence-corrected chi connectivity index (χ2v) is 3.71. The van der Waals surface area contributed by atoms with Crippen molar-refractivity contribution in [3.63, 3.8) is 0 Å². The number of carbonyl (C=O) groups excluding carboxylic acids is 1. The standard InChI is InChI=1S/C8H12N6OS.C2H6/c1-3-5(9)13-6(10)4(12-3)7(15)14-8(11)16-2;1-2/h1-2H3,(H4,9,10,13)(H2,11,14,15);1-2H3. The van der Waals surface area contributed by atoms with Crippen molar-refractivity contribution in [1.29, 1.82) is 0 Å². The molecule has 0 fully saturated rings. The zero-order valence-electron chi connectivity index (χ0n) is 10.9. The van der Waals surface area contributed by atoms with Crippen molar-refractivity contribution in [2.75, 3.05) is 17.7 Å². The Morgan fingerprint density at radius 1 is 1.22 bits per heavy atom. The fraction of sp³-hybridized carbons (Fsp3) is 0.400. The lowest BCUT2D eigenvalue weighted by atomic mass is 10.3. The summed E-state index contributed by atoms with van der Waals surface area (Å²) in [6, 6.07) is 0. The van der Waals surface area contributed by atoms with Gasteiger partial charge in [-0.1, -0.05) is 25.6 Å². The van der Waals surface area contributed by atoms with Gasteiger partial charge in [-0.05, 0) is 13.2 Å². The van der Waals surface area contributed by atoms with Crippen LogP contribution in [0.1, 0.15) is 30.0 Å². The monoisotopic (exact) mass is 270 g/mol. The predicted molar refractivity (Wildman–Crippen MR) is 76.4 cm³/mol. The first-order chi connectivity index (χ1) is 8.45. The number of anilines is 2. The summed E-state index contributed by atoms with van der Waals surface area (Å²) in [7, 11) is 0. The molecule has 0 saturated carbocycles. The van der Waals surface area contributed by atoms with Crippen molar-refractivity contribution in [1.82, 2.24) is 9.97 Å². The number of amides is 1. The van der Waals surface area contributed by atoms with Crippen molar-refractivity contribution >= 4 is 34.5 Å². The van der Waals surface area contributed by atoms with Gasteiger partial charge in [0.15, 0.2) is 16.7 Å². The maximum atomic E-state index is 11.6. The first-order valence-electron chi connectivity index (χ1n) is 5.27. The topological polar surface area (TPSA) is 133 Å². The molecule has 1 rings (SSSR count). The Bertz CT molecular complexity index is 460. The largest absolute Gasteiger partial charge is 0.382 e. The van der Waals surface area contributed by atoms with Crippen LogP contribution in [0.5, 0.6) is 0 Å². The number of amidine groups is 1. The van der Waals surface area contributed by atoms with Gasteiger partial charge in [0, 0.05) is 0 Å². The zero-order chi connectivity index (χ0) is 14.3. The second-order valence-electron chi connectivity index (χ2n) is 2.89. The molecule has 0 atom stereocenters. The number of thioether (sulfide) groups is 1. The average molecular weight is 270 g/mol. The second kappa shape index (κ2) is 7.49. The van der Waals surface area contributed by atoms with E-state index in [2.05, 4.69) is 15.0 Å². The van der Waals surface area contributed by atoms with Gasteiger partial charge >= 0.3 is 5.91 Å². The highest BCUT2D eigenvalue weighted by Gasteiger charge is 2.14. The molecular weight excluding hydrogens is 252 g/mol. The Balaban J connectivity index is 0.00000137. The molecule has 0 unspecified atom stereocenters. The van der Waals surface area contributed by atoms with Gasteiger partial charge in [0.2, 0.25) is 0 Å². The molecule has 1 aromatic heterocycles. The molecule has 1 amide bonds. The lowest BCUT2D eigenvalue weighted by Gasteiger charge is -2.04. The number of nitrogens with two attached hydrogens (primary N) is 3. The van der Waals surface area contributed by atoms with Crippen LogP contribution in [0.3, 0.4) is 0 Å². The highest BCUT2D eigenvalue weighted by Crippen LogP contribution is 2.13. The molecule has 8 heteroatoms. The Morgan fingerprint density at radius 3 is 2.28 bits per heavy atom. The van der Waals surface area contributed by atoms with Gasteiger partial charge in [0.25, 0.3) is 0 Å². The smallest absolute Gasteiger partial charge is 0.301 e. The molecule has 0 aliphatic heterocycles. The van der Waals surface area contributed by atoms with E-state index in [0.717, 1.165) is 11.8 Å². The minimum atomic E-state index is -0.625. The van der Waals surface area contributed by atoms with Crippen LogP contribution in [0.25, 0.3) is 0 Å². The summed E-state index contributed by atoms with van der Waals surface area (Å²) in [5, 5.41) is 0.140. The molecule has 100 valence electrons. The summed E-state index contributed by atoms with van der Waals surface area (Å²) in [6.07, 6.45) is 1.70. The number of carbonyl (C=O) groups is 1. The van der Waals surface area contributed by atoms with Gasteiger partial charge in [0.05, 0.1) is 5.69 Å². The number of aromatic nitrogens is 2. The van der Waals surface area contributed by atoms with E-state index >= 15 is 0 Å². The van der Waals surface area contributed by atoms with Gasteiger partial charge in [-0.15, -0.1) is 0 Å². The average Bonchev–Trinajstić information content (AvgIpc) is 2.35. The SMILES string of the molecule is CC.CSC(N)=NC(=O)c1nc(C)c(N)nc1N. The maximum Gasteiger partial charge on any atom is 0.301 e. The number of rotatable bonds is 1. The number of hydrogen-bond donors (Lipinski definition) is 3. The minimum Gasteiger partial charge on any atom is -0.382 e. The van der Waals surface area contributed by atoms with E-state index in [1.165, 1.54) is 0 Å². The van der Waals surface area contributed by atoms with Crippen molar-refractivity contribution in [3.05, 3.63) is 11.4 Å². The molecular formula is C10H18N6OS. The maximum absolute atomic E-state index is 11.6. The van der Waals surface area contributed by atoms with Crippen LogP contribution in [0.4, 0.5) is 11.6 Å². The summed E-state index contributed by atoms with van der Waals surface area (Å²) >= 11 is 1.15. The zero-order valence-corrected chi connectivity index (χ0v) is 11.7. The molecule has 0 aromatic carbocycles. The fourth-order valence-corrected chi connectivity index (χ4v) is 1.08. The molecule has 0 bridgehead atoms. The van der Waals surface area contributed by atoms with Crippen molar-refractivity contribution in [3.8, 4) is 0 Å². The van der Waals surface area contributed by atoms with Crippen molar-refractivity contribution in [2.24, 2.45) is 10.7 Å². The molecule has 0 aliphatic rings. The van der Waals surface area contributed by atoms with Crippen LogP contribution in [-0.4, -0.2) is 27.3 Å². The Kier molecular flexibility index (Phi) is 6.73. The number of hydrogen-bond acceptors (Lipinski definition) is 6. The summed E-state index contributed by atoms with van der Waals surface area (Å²) in [5.74, 6) is -0.485. The quantitative estimate of drug-likeness (QED) is 0.507. The summed E-state index contributed by atoms with van der Waals surface area (Å²) in [6.45, 7) is 5.63. The van der Waals surface area contributed by atoms with Crippen molar-refractivity contribution in [2.45, 2.75) is 20.8 Å². The van der Waals surface area contributed by atoms with Gasteiger partial charge in [-0.2, -0.15) is 4.99 Å². The normalized spacial score (nSPS) is 10.6. The summed E-state index contributed by atoms with van der Waals surface area (Å²) in [5.41, 5.74) is 16.8. The molecule has 7 nitrogen and oxygen atoms in total. The number of nitrogens with zero attached hydrogens (tertiary/aromatic N) is 3. The van der Waals surface area contributed by atoms with Crippen LogP contribution < -0.4 is 17.2 Å². The lowest BCUT2D eigenvalue weighted by molar-refractivity contribution is 0.0999. The molecule has 0 spiro atoms. The van der Waals surface area contributed by atoms with E-state index in [1.54, 1.807) is 13.2 Å². The minimum absolute atomic E-state index is 0.0382. The number of aryl methyl sites for hydroxylation is 1. The summed E-state index contributed by atoms with van der Waals surface area (Å²) in [4.78, 5) is 22.9. The van der Waals surface area contributed by atoms with E-state index in [1.807, 2.05) is 13.8 Å². The predicted octanol–water partition coefficient (Wildman–Crippen LogP) is 0.794. The van der Waals surface area contributed by atoms with Crippen LogP contribution in [0, 0.1) is 6.92 Å². The van der Waals surface area contributed by atoms with E-state index in [9.17, 15) is 4.79 Å². The van der Waals surface area contributed by atoms with E-state index in [4.69, 9.17) is 17.2 Å². The first-order valence-corrected chi connectivity index (χ1v) is 6.50. The molecule has 0 saturated heterocycles. The summed E-state index contributed by atoms with van der Waals surface area (Å²) < 4.78 is 0. The van der Waals surface area contributed by atoms with Crippen LogP contribution in [-0.2, 0) is 0 Å². The third-order valence-corrected chi connectivity index (χ3v) is 2.27. The highest BCUT2D eigenvalue weighted by atomic mass is 32.2. The van der Waals surface area contributed by atoms with E-state index in [-0.39, 0.29) is 22.5 Å². The lowest BCUT2D eigenvalue weighted by Crippen LogP contribution is -2.14. The van der Waals surface area contributed by atoms with Gasteiger partial charge in [-0.3, -0.25) is 4.79 Å². The van der Waals surface area contributed by atoms with Crippen LogP contribution in [0.15, 0.2) is 4.99 Å².